The maximum absolute atomic E-state index is 13.2. The van der Waals surface area contributed by atoms with Crippen LogP contribution in [0, 0.1) is 0 Å². The van der Waals surface area contributed by atoms with Crippen LogP contribution in [0.5, 0.6) is 0 Å². The second kappa shape index (κ2) is 15.4. The largest absolute Gasteiger partial charge is 0.481 e. The summed E-state index contributed by atoms with van der Waals surface area (Å²) in [4.78, 5) is 74.7. The van der Waals surface area contributed by atoms with Gasteiger partial charge in [-0.05, 0) is 24.9 Å². The molecule has 2 heterocycles. The number of carbonyl (C=O) groups is 5. The fourth-order valence-electron chi connectivity index (χ4n) is 3.38. The van der Waals surface area contributed by atoms with Crippen LogP contribution in [0.25, 0.3) is 0 Å². The molecule has 0 fully saturated rings. The summed E-state index contributed by atoms with van der Waals surface area (Å²) in [5, 5.41) is 26.0. The molecule has 0 spiro atoms. The Labute approximate surface area is 222 Å². The van der Waals surface area contributed by atoms with Crippen LogP contribution in [-0.2, 0) is 36.8 Å². The van der Waals surface area contributed by atoms with E-state index in [1.807, 2.05) is 6.26 Å². The molecule has 2 rings (SSSR count). The Morgan fingerprint density at radius 3 is 1.89 bits per heavy atom. The van der Waals surface area contributed by atoms with Crippen molar-refractivity contribution >= 4 is 41.4 Å². The quantitative estimate of drug-likeness (QED) is 0.111. The van der Waals surface area contributed by atoms with Gasteiger partial charge in [0.15, 0.2) is 0 Å². The Kier molecular flexibility index (Phi) is 12.2. The van der Waals surface area contributed by atoms with Crippen molar-refractivity contribution in [2.75, 3.05) is 12.0 Å². The summed E-state index contributed by atoms with van der Waals surface area (Å²) in [6.45, 7) is 0. The van der Waals surface area contributed by atoms with Crippen LogP contribution >= 0.6 is 11.8 Å². The third kappa shape index (κ3) is 10.2. The number of rotatable bonds is 17. The van der Waals surface area contributed by atoms with Gasteiger partial charge >= 0.3 is 11.9 Å². The second-order valence-corrected chi connectivity index (χ2v) is 9.39. The lowest BCUT2D eigenvalue weighted by Crippen LogP contribution is -2.58. The molecule has 0 aliphatic rings. The zero-order valence-electron chi connectivity index (χ0n) is 20.7. The Bertz CT molecular complexity index is 1060. The SMILES string of the molecule is CSCCC(NC(=O)C(Cc1cnc[nH]1)NC(=O)C(N)CCC(=O)O)C(=O)NC(Cc1cnc[nH]1)C(=O)O. The Hall–Kier alpha value is -3.92. The molecule has 9 N–H and O–H groups in total. The molecule has 15 nitrogen and oxygen atoms in total. The molecule has 0 aliphatic heterocycles. The molecule has 208 valence electrons. The van der Waals surface area contributed by atoms with E-state index in [0.717, 1.165) is 0 Å². The second-order valence-electron chi connectivity index (χ2n) is 8.40. The molecule has 38 heavy (non-hydrogen) atoms. The fourth-order valence-corrected chi connectivity index (χ4v) is 3.85. The van der Waals surface area contributed by atoms with Gasteiger partial charge in [0.05, 0.1) is 18.7 Å². The number of nitrogens with zero attached hydrogens (tertiary/aromatic N) is 2. The molecule has 3 amide bonds. The van der Waals surface area contributed by atoms with Crippen LogP contribution in [0.4, 0.5) is 0 Å². The molecule has 2 aromatic rings. The highest BCUT2D eigenvalue weighted by Gasteiger charge is 2.31. The van der Waals surface area contributed by atoms with Crippen LogP contribution in [0.2, 0.25) is 0 Å². The average Bonchev–Trinajstić information content (AvgIpc) is 3.58. The summed E-state index contributed by atoms with van der Waals surface area (Å²) < 4.78 is 0. The summed E-state index contributed by atoms with van der Waals surface area (Å²) in [6, 6.07) is -4.72. The average molecular weight is 553 g/mol. The molecule has 4 unspecified atom stereocenters. The van der Waals surface area contributed by atoms with Crippen molar-refractivity contribution in [2.45, 2.75) is 56.3 Å². The smallest absolute Gasteiger partial charge is 0.326 e. The van der Waals surface area contributed by atoms with Crippen molar-refractivity contribution < 1.29 is 34.2 Å². The van der Waals surface area contributed by atoms with E-state index in [1.54, 1.807) is 0 Å². The topological polar surface area (TPSA) is 245 Å². The monoisotopic (exact) mass is 552 g/mol. The number of amides is 3. The van der Waals surface area contributed by atoms with E-state index in [9.17, 15) is 29.1 Å². The van der Waals surface area contributed by atoms with E-state index in [2.05, 4.69) is 35.9 Å². The number of nitrogens with two attached hydrogens (primary N) is 1. The first-order valence-corrected chi connectivity index (χ1v) is 13.0. The molecule has 0 saturated carbocycles. The number of aliphatic carboxylic acids is 2. The lowest BCUT2D eigenvalue weighted by Gasteiger charge is -2.25. The van der Waals surface area contributed by atoms with E-state index in [1.165, 1.54) is 36.8 Å². The van der Waals surface area contributed by atoms with E-state index in [0.29, 0.717) is 17.1 Å². The van der Waals surface area contributed by atoms with Crippen molar-refractivity contribution in [3.8, 4) is 0 Å². The zero-order valence-corrected chi connectivity index (χ0v) is 21.5. The molecule has 0 bridgehead atoms. The van der Waals surface area contributed by atoms with Crippen molar-refractivity contribution in [3.63, 3.8) is 0 Å². The number of thioether (sulfide) groups is 1. The highest BCUT2D eigenvalue weighted by molar-refractivity contribution is 7.98. The molecule has 4 atom stereocenters. The lowest BCUT2D eigenvalue weighted by atomic mass is 10.1. The minimum absolute atomic E-state index is 0.0162. The summed E-state index contributed by atoms with van der Waals surface area (Å²) in [7, 11) is 0. The van der Waals surface area contributed by atoms with Crippen LogP contribution < -0.4 is 21.7 Å². The van der Waals surface area contributed by atoms with Crippen molar-refractivity contribution in [3.05, 3.63) is 36.4 Å². The normalized spacial score (nSPS) is 14.1. The number of imidazole rings is 2. The zero-order chi connectivity index (χ0) is 28.1. The van der Waals surface area contributed by atoms with Gasteiger partial charge in [0.2, 0.25) is 17.7 Å². The number of aromatic amines is 2. The molecule has 0 aromatic carbocycles. The summed E-state index contributed by atoms with van der Waals surface area (Å²) >= 11 is 1.43. The number of aromatic nitrogens is 4. The maximum atomic E-state index is 13.2. The minimum Gasteiger partial charge on any atom is -0.481 e. The van der Waals surface area contributed by atoms with Crippen LogP contribution in [-0.4, -0.2) is 96.0 Å². The van der Waals surface area contributed by atoms with Crippen LogP contribution in [0.15, 0.2) is 25.0 Å². The van der Waals surface area contributed by atoms with Gasteiger partial charge in [0.1, 0.15) is 18.1 Å². The lowest BCUT2D eigenvalue weighted by molar-refractivity contribution is -0.142. The first kappa shape index (κ1) is 30.3. The number of carboxylic acid groups (broad SMARTS) is 2. The molecular weight excluding hydrogens is 520 g/mol. The van der Waals surface area contributed by atoms with Gasteiger partial charge in [-0.3, -0.25) is 19.2 Å². The molecule has 0 radical (unpaired) electrons. The number of hydrogen-bond donors (Lipinski definition) is 8. The summed E-state index contributed by atoms with van der Waals surface area (Å²) in [6.07, 6.45) is 7.17. The number of carbonyl (C=O) groups excluding carboxylic acids is 3. The third-order valence-corrected chi connectivity index (χ3v) is 6.10. The maximum Gasteiger partial charge on any atom is 0.326 e. The number of nitrogens with one attached hydrogen (secondary N) is 5. The summed E-state index contributed by atoms with van der Waals surface area (Å²) in [5.41, 5.74) is 6.80. The highest BCUT2D eigenvalue weighted by Crippen LogP contribution is 2.07. The van der Waals surface area contributed by atoms with Gasteiger partial charge in [-0.2, -0.15) is 11.8 Å². The van der Waals surface area contributed by atoms with Crippen LogP contribution in [0.3, 0.4) is 0 Å². The predicted octanol–water partition coefficient (Wildman–Crippen LogP) is -1.60. The summed E-state index contributed by atoms with van der Waals surface area (Å²) in [5.74, 6) is -4.04. The standard InChI is InChI=1S/C22H32N8O7S/c1-38-5-4-15(20(34)30-17(22(36)37)7-13-9-25-11-27-13)28-21(35)16(6-12-8-24-10-26-12)29-19(33)14(23)2-3-18(31)32/h8-11,14-17H,2-7,23H2,1H3,(H,24,26)(H,25,27)(H,28,35)(H,29,33)(H,30,34)(H,31,32)(H,36,37). The fraction of sp³-hybridized carbons (Fsp3) is 0.500. The van der Waals surface area contributed by atoms with Gasteiger partial charge in [0.25, 0.3) is 0 Å². The van der Waals surface area contributed by atoms with Crippen molar-refractivity contribution in [1.82, 2.24) is 35.9 Å². The van der Waals surface area contributed by atoms with E-state index in [4.69, 9.17) is 10.8 Å². The Balaban J connectivity index is 2.14. The van der Waals surface area contributed by atoms with Crippen LogP contribution in [0.1, 0.15) is 30.7 Å². The Morgan fingerprint density at radius 2 is 1.39 bits per heavy atom. The van der Waals surface area contributed by atoms with Crippen molar-refractivity contribution in [2.24, 2.45) is 5.73 Å². The Morgan fingerprint density at radius 1 is 0.868 bits per heavy atom. The van der Waals surface area contributed by atoms with Gasteiger partial charge in [-0.15, -0.1) is 0 Å². The molecule has 2 aromatic heterocycles. The molecule has 16 heteroatoms. The van der Waals surface area contributed by atoms with Gasteiger partial charge < -0.3 is 41.9 Å². The molecule has 0 aliphatic carbocycles. The van der Waals surface area contributed by atoms with Crippen molar-refractivity contribution in [1.29, 1.82) is 0 Å². The van der Waals surface area contributed by atoms with Gasteiger partial charge in [-0.1, -0.05) is 0 Å². The predicted molar refractivity (Wildman–Crippen MR) is 136 cm³/mol. The van der Waals surface area contributed by atoms with E-state index in [-0.39, 0.29) is 32.1 Å². The molecular formula is C22H32N8O7S. The number of H-pyrrole nitrogens is 2. The van der Waals surface area contributed by atoms with E-state index < -0.39 is 53.8 Å². The molecule has 0 saturated heterocycles. The van der Waals surface area contributed by atoms with Gasteiger partial charge in [-0.25, -0.2) is 14.8 Å². The first-order chi connectivity index (χ1) is 18.1. The van der Waals surface area contributed by atoms with E-state index >= 15 is 0 Å². The third-order valence-electron chi connectivity index (χ3n) is 5.45. The number of carboxylic acids is 2. The van der Waals surface area contributed by atoms with Gasteiger partial charge in [0, 0.05) is 43.0 Å². The first-order valence-electron chi connectivity index (χ1n) is 11.6. The number of hydrogen-bond acceptors (Lipinski definition) is 9. The highest BCUT2D eigenvalue weighted by atomic mass is 32.2. The minimum atomic E-state index is -1.27.